The summed E-state index contributed by atoms with van der Waals surface area (Å²) in [4.78, 5) is 55.9. The highest BCUT2D eigenvalue weighted by Gasteiger charge is 2.39. The average molecular weight is 419 g/mol. The lowest BCUT2D eigenvalue weighted by Gasteiger charge is -2.14. The zero-order chi connectivity index (χ0) is 22.0. The van der Waals surface area contributed by atoms with Gasteiger partial charge in [0.25, 0.3) is 17.4 Å². The molecule has 0 saturated carbocycles. The molecule has 0 saturated heterocycles. The van der Waals surface area contributed by atoms with Crippen molar-refractivity contribution in [3.05, 3.63) is 75.7 Å². The molecular weight excluding hydrogens is 398 g/mol. The highest BCUT2D eigenvalue weighted by molar-refractivity contribution is 6.21. The molecule has 0 N–H and O–H groups in total. The average Bonchev–Trinajstić information content (AvgIpc) is 3.03. The van der Waals surface area contributed by atoms with Crippen LogP contribution in [-0.4, -0.2) is 32.6 Å². The zero-order valence-electron chi connectivity index (χ0n) is 17.0. The number of imide groups is 1. The molecule has 3 aromatic rings. The number of aryl methyl sites for hydroxylation is 1. The Kier molecular flexibility index (Phi) is 5.62. The number of rotatable bonds is 7. The number of carbonyl (C=O) groups is 3. The van der Waals surface area contributed by atoms with Crippen LogP contribution in [0.2, 0.25) is 0 Å². The SMILES string of the molecule is CCCCCCn1nc(C(=O)ON2C(=O)c3ccccc3C2=O)c2ccccc2c1=O. The van der Waals surface area contributed by atoms with Crippen molar-refractivity contribution >= 4 is 28.6 Å². The van der Waals surface area contributed by atoms with Crippen molar-refractivity contribution in [2.75, 3.05) is 0 Å². The second-order valence-electron chi connectivity index (χ2n) is 7.31. The third kappa shape index (κ3) is 3.72. The second-order valence-corrected chi connectivity index (χ2v) is 7.31. The molecule has 2 heterocycles. The predicted molar refractivity (Wildman–Crippen MR) is 113 cm³/mol. The van der Waals surface area contributed by atoms with E-state index in [2.05, 4.69) is 12.0 Å². The molecule has 4 rings (SSSR count). The molecule has 1 aliphatic rings. The summed E-state index contributed by atoms with van der Waals surface area (Å²) in [6.45, 7) is 2.45. The van der Waals surface area contributed by atoms with Gasteiger partial charge in [0, 0.05) is 11.9 Å². The number of unbranched alkanes of at least 4 members (excludes halogenated alkanes) is 3. The van der Waals surface area contributed by atoms with Crippen LogP contribution in [0, 0.1) is 0 Å². The molecular formula is C23H21N3O5. The quantitative estimate of drug-likeness (QED) is 0.430. The van der Waals surface area contributed by atoms with Crippen LogP contribution in [0.25, 0.3) is 10.8 Å². The van der Waals surface area contributed by atoms with Gasteiger partial charge in [0.2, 0.25) is 0 Å². The van der Waals surface area contributed by atoms with Crippen molar-refractivity contribution in [3.8, 4) is 0 Å². The van der Waals surface area contributed by atoms with Crippen LogP contribution < -0.4 is 5.56 Å². The highest BCUT2D eigenvalue weighted by atomic mass is 16.7. The minimum Gasteiger partial charge on any atom is -0.322 e. The fourth-order valence-corrected chi connectivity index (χ4v) is 3.60. The Bertz CT molecular complexity index is 1210. The summed E-state index contributed by atoms with van der Waals surface area (Å²) in [6, 6.07) is 12.8. The summed E-state index contributed by atoms with van der Waals surface area (Å²) in [5, 5.41) is 5.29. The molecule has 0 spiro atoms. The Labute approximate surface area is 178 Å². The first-order chi connectivity index (χ1) is 15.0. The molecule has 8 heteroatoms. The number of hydrogen-bond donors (Lipinski definition) is 0. The number of benzene rings is 2. The summed E-state index contributed by atoms with van der Waals surface area (Å²) in [6.07, 6.45) is 3.77. The fourth-order valence-electron chi connectivity index (χ4n) is 3.60. The van der Waals surface area contributed by atoms with Crippen molar-refractivity contribution in [3.63, 3.8) is 0 Å². The van der Waals surface area contributed by atoms with E-state index in [0.717, 1.165) is 25.7 Å². The Morgan fingerprint density at radius 3 is 2.13 bits per heavy atom. The minimum absolute atomic E-state index is 0.123. The van der Waals surface area contributed by atoms with Gasteiger partial charge >= 0.3 is 5.97 Å². The molecule has 31 heavy (non-hydrogen) atoms. The number of hydrogen-bond acceptors (Lipinski definition) is 6. The summed E-state index contributed by atoms with van der Waals surface area (Å²) in [7, 11) is 0. The van der Waals surface area contributed by atoms with Crippen LogP contribution in [-0.2, 0) is 11.4 Å². The van der Waals surface area contributed by atoms with Gasteiger partial charge in [-0.25, -0.2) is 9.48 Å². The van der Waals surface area contributed by atoms with Crippen molar-refractivity contribution in [1.82, 2.24) is 14.8 Å². The first-order valence-electron chi connectivity index (χ1n) is 10.2. The van der Waals surface area contributed by atoms with Crippen molar-refractivity contribution in [1.29, 1.82) is 0 Å². The number of nitrogens with zero attached hydrogens (tertiary/aromatic N) is 3. The van der Waals surface area contributed by atoms with E-state index in [0.29, 0.717) is 22.4 Å². The Morgan fingerprint density at radius 2 is 1.48 bits per heavy atom. The van der Waals surface area contributed by atoms with E-state index in [4.69, 9.17) is 4.84 Å². The molecule has 8 nitrogen and oxygen atoms in total. The first kappa shape index (κ1) is 20.5. The Hall–Kier alpha value is -3.81. The number of fused-ring (bicyclic) bond motifs is 2. The molecule has 1 aromatic heterocycles. The van der Waals surface area contributed by atoms with E-state index < -0.39 is 17.8 Å². The lowest BCUT2D eigenvalue weighted by molar-refractivity contribution is -0.0588. The van der Waals surface area contributed by atoms with E-state index >= 15 is 0 Å². The van der Waals surface area contributed by atoms with Gasteiger partial charge in [-0.1, -0.05) is 61.6 Å². The Morgan fingerprint density at radius 1 is 0.871 bits per heavy atom. The van der Waals surface area contributed by atoms with Crippen LogP contribution in [0.15, 0.2) is 53.3 Å². The van der Waals surface area contributed by atoms with Crippen LogP contribution in [0.5, 0.6) is 0 Å². The lowest BCUT2D eigenvalue weighted by Crippen LogP contribution is -2.34. The van der Waals surface area contributed by atoms with Gasteiger partial charge in [0.15, 0.2) is 5.69 Å². The van der Waals surface area contributed by atoms with Gasteiger partial charge in [0.1, 0.15) is 0 Å². The molecule has 0 bridgehead atoms. The molecule has 0 fully saturated rings. The predicted octanol–water partition coefficient (Wildman–Crippen LogP) is 3.34. The second kappa shape index (κ2) is 8.51. The molecule has 0 unspecified atom stereocenters. The molecule has 0 atom stereocenters. The third-order valence-electron chi connectivity index (χ3n) is 5.22. The van der Waals surface area contributed by atoms with Crippen molar-refractivity contribution < 1.29 is 19.2 Å². The maximum Gasteiger partial charge on any atom is 0.384 e. The van der Waals surface area contributed by atoms with Crippen LogP contribution in [0.4, 0.5) is 0 Å². The maximum atomic E-state index is 13.0. The molecule has 2 aromatic carbocycles. The molecule has 1 aliphatic heterocycles. The number of carbonyl (C=O) groups excluding carboxylic acids is 3. The maximum absolute atomic E-state index is 13.0. The topological polar surface area (TPSA) is 98.6 Å². The zero-order valence-corrected chi connectivity index (χ0v) is 17.0. The van der Waals surface area contributed by atoms with Crippen LogP contribution >= 0.6 is 0 Å². The standard InChI is InChI=1S/C23H21N3O5/c1-2-3-4-9-14-25-20(27)16-11-6-5-10-15(16)19(24-25)23(30)31-26-21(28)17-12-7-8-13-18(17)22(26)29/h5-8,10-13H,2-4,9,14H2,1H3. The number of aromatic nitrogens is 2. The summed E-state index contributed by atoms with van der Waals surface area (Å²) >= 11 is 0. The van der Waals surface area contributed by atoms with Gasteiger partial charge in [-0.15, -0.1) is 0 Å². The highest BCUT2D eigenvalue weighted by Crippen LogP contribution is 2.24. The largest absolute Gasteiger partial charge is 0.384 e. The fraction of sp³-hybridized carbons (Fsp3) is 0.261. The van der Waals surface area contributed by atoms with Crippen molar-refractivity contribution in [2.45, 2.75) is 39.2 Å². The summed E-state index contributed by atoms with van der Waals surface area (Å²) in [5.41, 5.74) is -0.0929. The van der Waals surface area contributed by atoms with Crippen LogP contribution in [0.3, 0.4) is 0 Å². The van der Waals surface area contributed by atoms with Crippen molar-refractivity contribution in [2.24, 2.45) is 0 Å². The summed E-state index contributed by atoms with van der Waals surface area (Å²) in [5.74, 6) is -2.41. The molecule has 2 amide bonds. The van der Waals surface area contributed by atoms with E-state index in [9.17, 15) is 19.2 Å². The van der Waals surface area contributed by atoms with Gasteiger partial charge in [0.05, 0.1) is 16.5 Å². The minimum atomic E-state index is -0.979. The summed E-state index contributed by atoms with van der Waals surface area (Å²) < 4.78 is 1.25. The van der Waals surface area contributed by atoms with E-state index in [1.54, 1.807) is 36.4 Å². The van der Waals surface area contributed by atoms with Gasteiger partial charge in [-0.2, -0.15) is 5.10 Å². The van der Waals surface area contributed by atoms with Crippen LogP contribution in [0.1, 0.15) is 63.8 Å². The number of amides is 2. The molecule has 0 aliphatic carbocycles. The monoisotopic (exact) mass is 419 g/mol. The third-order valence-corrected chi connectivity index (χ3v) is 5.22. The van der Waals surface area contributed by atoms with E-state index in [-0.39, 0.29) is 22.4 Å². The Balaban J connectivity index is 1.66. The molecule has 158 valence electrons. The van der Waals surface area contributed by atoms with Gasteiger partial charge in [-0.3, -0.25) is 14.4 Å². The van der Waals surface area contributed by atoms with E-state index in [1.807, 2.05) is 0 Å². The van der Waals surface area contributed by atoms with Gasteiger partial charge in [-0.05, 0) is 24.6 Å². The number of hydroxylamine groups is 2. The first-order valence-corrected chi connectivity index (χ1v) is 10.2. The normalized spacial score (nSPS) is 13.0. The van der Waals surface area contributed by atoms with E-state index in [1.165, 1.54) is 16.8 Å². The van der Waals surface area contributed by atoms with Gasteiger partial charge < -0.3 is 4.84 Å². The molecule has 0 radical (unpaired) electrons. The smallest absolute Gasteiger partial charge is 0.322 e. The lowest BCUT2D eigenvalue weighted by atomic mass is 10.1.